The lowest BCUT2D eigenvalue weighted by atomic mass is 9.79. The van der Waals surface area contributed by atoms with Gasteiger partial charge in [-0.2, -0.15) is 0 Å². The molecule has 1 aromatic carbocycles. The van der Waals surface area contributed by atoms with Crippen molar-refractivity contribution in [2.45, 2.75) is 31.8 Å². The molecule has 1 saturated heterocycles. The molecular weight excluding hydrogens is 550 g/mol. The Hall–Kier alpha value is -3.90. The molecular formula is C31H35N7O3S. The van der Waals surface area contributed by atoms with Crippen LogP contribution < -0.4 is 16.0 Å². The number of aryl methyl sites for hydroxylation is 2. The summed E-state index contributed by atoms with van der Waals surface area (Å²) in [4.78, 5) is 31.1. The van der Waals surface area contributed by atoms with Gasteiger partial charge in [0.05, 0.1) is 16.1 Å². The Morgan fingerprint density at radius 3 is 2.71 bits per heavy atom. The fourth-order valence-corrected chi connectivity index (χ4v) is 6.91. The van der Waals surface area contributed by atoms with Crippen LogP contribution in [0.15, 0.2) is 54.9 Å². The Morgan fingerprint density at radius 2 is 1.93 bits per heavy atom. The first-order valence-corrected chi connectivity index (χ1v) is 15.1. The van der Waals surface area contributed by atoms with Gasteiger partial charge in [0.15, 0.2) is 0 Å². The number of piperazine rings is 1. The second kappa shape index (κ2) is 11.8. The van der Waals surface area contributed by atoms with Crippen LogP contribution in [0.25, 0.3) is 10.6 Å². The number of aliphatic hydroxyl groups is 1. The van der Waals surface area contributed by atoms with E-state index in [1.807, 2.05) is 31.3 Å². The average molecular weight is 586 g/mol. The number of anilines is 3. The monoisotopic (exact) mass is 585 g/mol. The number of hydrogen-bond acceptors (Lipinski definition) is 10. The molecule has 1 atom stereocenters. The Labute approximate surface area is 248 Å². The molecule has 10 nitrogen and oxygen atoms in total. The van der Waals surface area contributed by atoms with E-state index in [2.05, 4.69) is 31.2 Å². The predicted octanol–water partition coefficient (Wildman–Crippen LogP) is 4.00. The summed E-state index contributed by atoms with van der Waals surface area (Å²) in [5, 5.41) is 25.2. The van der Waals surface area contributed by atoms with E-state index < -0.39 is 11.6 Å². The topological polar surface area (TPSA) is 141 Å². The van der Waals surface area contributed by atoms with Gasteiger partial charge in [-0.1, -0.05) is 6.07 Å². The number of fused-ring (bicyclic) bond motifs is 1. The Morgan fingerprint density at radius 1 is 1.10 bits per heavy atom. The largest absolute Gasteiger partial charge is 0.478 e. The van der Waals surface area contributed by atoms with Gasteiger partial charge in [0.1, 0.15) is 22.2 Å². The maximum atomic E-state index is 11.8. The van der Waals surface area contributed by atoms with E-state index in [-0.39, 0.29) is 5.56 Å². The van der Waals surface area contributed by atoms with Crippen molar-refractivity contribution < 1.29 is 15.0 Å². The Kier molecular flexibility index (Phi) is 7.91. The molecule has 0 saturated carbocycles. The van der Waals surface area contributed by atoms with Crippen molar-refractivity contribution in [1.29, 1.82) is 0 Å². The van der Waals surface area contributed by atoms with E-state index in [0.717, 1.165) is 84.3 Å². The smallest absolute Gasteiger partial charge is 0.335 e. The number of pyridine rings is 2. The van der Waals surface area contributed by atoms with Crippen LogP contribution in [-0.2, 0) is 12.0 Å². The van der Waals surface area contributed by atoms with Gasteiger partial charge in [0, 0.05) is 63.4 Å². The first-order chi connectivity index (χ1) is 20.3. The number of rotatable bonds is 8. The summed E-state index contributed by atoms with van der Waals surface area (Å²) in [6.45, 7) is 7.51. The van der Waals surface area contributed by atoms with E-state index in [4.69, 9.17) is 10.7 Å². The number of nitrogens with two attached hydrogens (primary N) is 1. The molecule has 4 aromatic rings. The molecule has 218 valence electrons. The minimum Gasteiger partial charge on any atom is -0.478 e. The maximum Gasteiger partial charge on any atom is 0.335 e. The van der Waals surface area contributed by atoms with Gasteiger partial charge >= 0.3 is 5.97 Å². The van der Waals surface area contributed by atoms with E-state index >= 15 is 0 Å². The molecule has 1 aliphatic carbocycles. The predicted molar refractivity (Wildman–Crippen MR) is 165 cm³/mol. The van der Waals surface area contributed by atoms with Gasteiger partial charge in [0.2, 0.25) is 0 Å². The zero-order chi connectivity index (χ0) is 29.3. The van der Waals surface area contributed by atoms with Crippen LogP contribution in [0.5, 0.6) is 0 Å². The third-order valence-electron chi connectivity index (χ3n) is 8.05. The number of hydrogen-bond donors (Lipinski definition) is 4. The molecule has 0 radical (unpaired) electrons. The second-order valence-electron chi connectivity index (χ2n) is 11.0. The van der Waals surface area contributed by atoms with Crippen molar-refractivity contribution in [3.8, 4) is 10.6 Å². The number of benzene rings is 1. The number of carboxylic acids is 1. The molecule has 5 N–H and O–H groups in total. The average Bonchev–Trinajstić information content (AvgIpc) is 3.49. The number of carbonyl (C=O) groups is 1. The van der Waals surface area contributed by atoms with Crippen LogP contribution in [0, 0.1) is 6.92 Å². The summed E-state index contributed by atoms with van der Waals surface area (Å²) in [6, 6.07) is 13.0. The first kappa shape index (κ1) is 28.2. The molecule has 1 fully saturated rings. The lowest BCUT2D eigenvalue weighted by Crippen LogP contribution is -2.47. The summed E-state index contributed by atoms with van der Waals surface area (Å²) in [5.41, 5.74) is 9.18. The lowest BCUT2D eigenvalue weighted by Gasteiger charge is -2.35. The minimum atomic E-state index is -1.27. The zero-order valence-electron chi connectivity index (χ0n) is 23.6. The highest BCUT2D eigenvalue weighted by atomic mass is 32.1. The van der Waals surface area contributed by atoms with Gasteiger partial charge in [-0.25, -0.2) is 19.7 Å². The second-order valence-corrected chi connectivity index (χ2v) is 12.0. The highest BCUT2D eigenvalue weighted by molar-refractivity contribution is 7.15. The van der Waals surface area contributed by atoms with Gasteiger partial charge in [0.25, 0.3) is 0 Å². The summed E-state index contributed by atoms with van der Waals surface area (Å²) in [6.07, 6.45) is 5.57. The first-order valence-electron chi connectivity index (χ1n) is 14.3. The normalized spacial score (nSPS) is 19.0. The van der Waals surface area contributed by atoms with Crippen molar-refractivity contribution in [3.05, 3.63) is 82.1 Å². The maximum absolute atomic E-state index is 11.8. The Bertz CT molecular complexity index is 1600. The minimum absolute atomic E-state index is 0.229. The molecule has 6 rings (SSSR count). The van der Waals surface area contributed by atoms with Gasteiger partial charge < -0.3 is 26.2 Å². The van der Waals surface area contributed by atoms with Crippen LogP contribution in [-0.4, -0.2) is 75.3 Å². The van der Waals surface area contributed by atoms with Gasteiger partial charge in [-0.3, -0.25) is 4.90 Å². The number of carboxylic acid groups (broad SMARTS) is 1. The lowest BCUT2D eigenvalue weighted by molar-refractivity contribution is 0.0607. The molecule has 1 aliphatic heterocycles. The number of nitrogens with one attached hydrogen (secondary N) is 1. The molecule has 2 aliphatic rings. The van der Waals surface area contributed by atoms with Gasteiger partial charge in [-0.05, 0) is 73.2 Å². The molecule has 0 spiro atoms. The van der Waals surface area contributed by atoms with Crippen LogP contribution >= 0.6 is 11.3 Å². The SMILES string of the molecule is Cc1cc(Nc2cc(N3CCN(CCN)CC3)ccn2)nc(-c2cnc([C@]3(O)CCCc4cc(C(=O)O)ccc43)s2)c1. The highest BCUT2D eigenvalue weighted by Gasteiger charge is 2.39. The quantitative estimate of drug-likeness (QED) is 0.240. The fraction of sp³-hybridized carbons (Fsp3) is 0.355. The zero-order valence-corrected chi connectivity index (χ0v) is 24.4. The van der Waals surface area contributed by atoms with Gasteiger partial charge in [-0.15, -0.1) is 11.3 Å². The molecule has 0 amide bonds. The molecule has 42 heavy (non-hydrogen) atoms. The standard InChI is InChI=1S/C31H35N7O3S/c1-20-15-25(26-19-34-30(42-26)31(41)7-2-3-21-17-22(29(39)40)4-5-24(21)31)35-28(16-20)36-27-18-23(6-9-33-27)38-13-11-37(10-8-32)12-14-38/h4-6,9,15-19,41H,2-3,7-8,10-14,32H2,1H3,(H,39,40)(H,33,35,36)/t31-/m0/s1. The van der Waals surface area contributed by atoms with Crippen LogP contribution in [0.3, 0.4) is 0 Å². The number of aromatic carboxylic acids is 1. The molecule has 11 heteroatoms. The van der Waals surface area contributed by atoms with Crippen molar-refractivity contribution in [1.82, 2.24) is 19.9 Å². The number of aromatic nitrogens is 3. The molecule has 4 heterocycles. The van der Waals surface area contributed by atoms with Crippen LogP contribution in [0.4, 0.5) is 17.3 Å². The van der Waals surface area contributed by atoms with Crippen molar-refractivity contribution >= 4 is 34.6 Å². The molecule has 0 bridgehead atoms. The summed E-state index contributed by atoms with van der Waals surface area (Å²) in [5.74, 6) is 0.432. The summed E-state index contributed by atoms with van der Waals surface area (Å²) in [7, 11) is 0. The molecule has 0 unspecified atom stereocenters. The number of thiazole rings is 1. The van der Waals surface area contributed by atoms with E-state index in [9.17, 15) is 15.0 Å². The van der Waals surface area contributed by atoms with Crippen molar-refractivity contribution in [3.63, 3.8) is 0 Å². The van der Waals surface area contributed by atoms with Crippen molar-refractivity contribution in [2.75, 3.05) is 49.5 Å². The van der Waals surface area contributed by atoms with E-state index in [1.54, 1.807) is 24.4 Å². The van der Waals surface area contributed by atoms with E-state index in [1.165, 1.54) is 11.3 Å². The van der Waals surface area contributed by atoms with Crippen molar-refractivity contribution in [2.24, 2.45) is 5.73 Å². The number of nitrogens with zero attached hydrogens (tertiary/aromatic N) is 5. The van der Waals surface area contributed by atoms with Crippen LogP contribution in [0.2, 0.25) is 0 Å². The van der Waals surface area contributed by atoms with Crippen LogP contribution in [0.1, 0.15) is 44.9 Å². The highest BCUT2D eigenvalue weighted by Crippen LogP contribution is 2.43. The Balaban J connectivity index is 1.22. The third-order valence-corrected chi connectivity index (χ3v) is 9.22. The van der Waals surface area contributed by atoms with E-state index in [0.29, 0.717) is 23.8 Å². The molecule has 3 aromatic heterocycles. The summed E-state index contributed by atoms with van der Waals surface area (Å²) < 4.78 is 0. The summed E-state index contributed by atoms with van der Waals surface area (Å²) >= 11 is 1.41. The third kappa shape index (κ3) is 5.73. The fourth-order valence-electron chi connectivity index (χ4n) is 5.90.